The highest BCUT2D eigenvalue weighted by atomic mass is 35.5. The van der Waals surface area contributed by atoms with E-state index in [0.717, 1.165) is 5.56 Å². The summed E-state index contributed by atoms with van der Waals surface area (Å²) in [5.41, 5.74) is 6.60. The van der Waals surface area contributed by atoms with Gasteiger partial charge < -0.3 is 20.5 Å². The molecule has 2 aromatic rings. The first-order valence-electron chi connectivity index (χ1n) is 8.04. The van der Waals surface area contributed by atoms with E-state index in [1.165, 1.54) is 0 Å². The molecule has 0 aliphatic carbocycles. The Labute approximate surface area is 154 Å². The second-order valence-electron chi connectivity index (χ2n) is 5.65. The van der Waals surface area contributed by atoms with E-state index in [9.17, 15) is 4.79 Å². The van der Waals surface area contributed by atoms with Crippen LogP contribution in [0.3, 0.4) is 0 Å². The number of benzene rings is 2. The standard InChI is InChI=1S/C19H24N2O3.ClH/c1-15(11-20)12-21-19(22)14-24-18-10-6-5-9-17(18)23-13-16-7-3-2-4-8-16;/h2-10,15H,11-14,20H2,1H3,(H,21,22);1H. The Morgan fingerprint density at radius 2 is 1.64 bits per heavy atom. The summed E-state index contributed by atoms with van der Waals surface area (Å²) in [6.07, 6.45) is 0. The highest BCUT2D eigenvalue weighted by Crippen LogP contribution is 2.27. The largest absolute Gasteiger partial charge is 0.485 e. The van der Waals surface area contributed by atoms with E-state index in [4.69, 9.17) is 15.2 Å². The molecule has 0 fully saturated rings. The topological polar surface area (TPSA) is 73.6 Å². The van der Waals surface area contributed by atoms with Crippen molar-refractivity contribution in [3.63, 3.8) is 0 Å². The molecular formula is C19H25ClN2O3. The van der Waals surface area contributed by atoms with E-state index in [1.807, 2.05) is 55.5 Å². The molecule has 136 valence electrons. The molecule has 0 aliphatic rings. The summed E-state index contributed by atoms with van der Waals surface area (Å²) >= 11 is 0. The molecule has 0 radical (unpaired) electrons. The average Bonchev–Trinajstić information content (AvgIpc) is 2.64. The lowest BCUT2D eigenvalue weighted by Crippen LogP contribution is -2.34. The van der Waals surface area contributed by atoms with Gasteiger partial charge in [-0.3, -0.25) is 4.79 Å². The van der Waals surface area contributed by atoms with Crippen molar-refractivity contribution in [1.29, 1.82) is 0 Å². The van der Waals surface area contributed by atoms with Gasteiger partial charge in [-0.25, -0.2) is 0 Å². The molecule has 1 unspecified atom stereocenters. The molecule has 0 aliphatic heterocycles. The summed E-state index contributed by atoms with van der Waals surface area (Å²) < 4.78 is 11.4. The summed E-state index contributed by atoms with van der Waals surface area (Å²) in [5.74, 6) is 1.24. The Morgan fingerprint density at radius 1 is 1.04 bits per heavy atom. The van der Waals surface area contributed by atoms with Crippen molar-refractivity contribution >= 4 is 18.3 Å². The SMILES string of the molecule is CC(CN)CNC(=O)COc1ccccc1OCc1ccccc1.Cl. The van der Waals surface area contributed by atoms with Gasteiger partial charge in [0.2, 0.25) is 0 Å². The normalized spacial score (nSPS) is 11.1. The van der Waals surface area contributed by atoms with Crippen LogP contribution in [0.5, 0.6) is 11.5 Å². The smallest absolute Gasteiger partial charge is 0.257 e. The lowest BCUT2D eigenvalue weighted by molar-refractivity contribution is -0.123. The van der Waals surface area contributed by atoms with Gasteiger partial charge in [0.05, 0.1) is 0 Å². The summed E-state index contributed by atoms with van der Waals surface area (Å²) in [4.78, 5) is 11.8. The monoisotopic (exact) mass is 364 g/mol. The Kier molecular flexibility index (Phi) is 9.43. The fourth-order valence-corrected chi connectivity index (χ4v) is 1.99. The first-order chi connectivity index (χ1) is 11.7. The molecule has 0 aromatic heterocycles. The van der Waals surface area contributed by atoms with Crippen molar-refractivity contribution in [2.24, 2.45) is 11.7 Å². The van der Waals surface area contributed by atoms with E-state index in [-0.39, 0.29) is 30.8 Å². The first-order valence-corrected chi connectivity index (χ1v) is 8.04. The third kappa shape index (κ3) is 7.45. The van der Waals surface area contributed by atoms with Crippen LogP contribution in [0.1, 0.15) is 12.5 Å². The van der Waals surface area contributed by atoms with E-state index in [2.05, 4.69) is 5.32 Å². The highest BCUT2D eigenvalue weighted by Gasteiger charge is 2.09. The predicted molar refractivity (Wildman–Crippen MR) is 101 cm³/mol. The molecular weight excluding hydrogens is 340 g/mol. The Bertz CT molecular complexity index is 638. The molecule has 1 amide bonds. The summed E-state index contributed by atoms with van der Waals surface area (Å²) in [6.45, 7) is 3.46. The number of ether oxygens (including phenoxy) is 2. The van der Waals surface area contributed by atoms with Gasteiger partial charge in [-0.2, -0.15) is 0 Å². The molecule has 1 atom stereocenters. The Morgan fingerprint density at radius 3 is 2.28 bits per heavy atom. The first kappa shape index (κ1) is 20.8. The van der Waals surface area contributed by atoms with Crippen LogP contribution in [0, 0.1) is 5.92 Å². The van der Waals surface area contributed by atoms with Crippen molar-refractivity contribution in [2.75, 3.05) is 19.7 Å². The number of nitrogens with one attached hydrogen (secondary N) is 1. The van der Waals surface area contributed by atoms with Crippen molar-refractivity contribution < 1.29 is 14.3 Å². The molecule has 0 spiro atoms. The van der Waals surface area contributed by atoms with Crippen LogP contribution in [0.15, 0.2) is 54.6 Å². The van der Waals surface area contributed by atoms with Crippen molar-refractivity contribution in [3.05, 3.63) is 60.2 Å². The number of nitrogens with two attached hydrogens (primary N) is 1. The zero-order valence-corrected chi connectivity index (χ0v) is 15.1. The fourth-order valence-electron chi connectivity index (χ4n) is 1.99. The minimum atomic E-state index is -0.173. The van der Waals surface area contributed by atoms with Gasteiger partial charge in [0.1, 0.15) is 6.61 Å². The summed E-state index contributed by atoms with van der Waals surface area (Å²) in [6, 6.07) is 17.2. The molecule has 3 N–H and O–H groups in total. The lowest BCUT2D eigenvalue weighted by atomic mass is 10.2. The van der Waals surface area contributed by atoms with Gasteiger partial charge in [0, 0.05) is 6.54 Å². The molecule has 25 heavy (non-hydrogen) atoms. The molecule has 0 heterocycles. The summed E-state index contributed by atoms with van der Waals surface area (Å²) in [5, 5.41) is 2.80. The minimum Gasteiger partial charge on any atom is -0.485 e. The molecule has 0 bridgehead atoms. The lowest BCUT2D eigenvalue weighted by Gasteiger charge is -2.13. The number of rotatable bonds is 9. The van der Waals surface area contributed by atoms with Crippen LogP contribution in [-0.4, -0.2) is 25.6 Å². The Balaban J connectivity index is 0.00000312. The van der Waals surface area contributed by atoms with Crippen LogP contribution in [0.2, 0.25) is 0 Å². The van der Waals surface area contributed by atoms with Crippen LogP contribution < -0.4 is 20.5 Å². The Hall–Kier alpha value is -2.24. The third-order valence-electron chi connectivity index (χ3n) is 3.50. The maximum atomic E-state index is 11.8. The zero-order chi connectivity index (χ0) is 17.2. The highest BCUT2D eigenvalue weighted by molar-refractivity contribution is 5.85. The summed E-state index contributed by atoms with van der Waals surface area (Å²) in [7, 11) is 0. The van der Waals surface area contributed by atoms with E-state index < -0.39 is 0 Å². The van der Waals surface area contributed by atoms with Crippen LogP contribution >= 0.6 is 12.4 Å². The van der Waals surface area contributed by atoms with Gasteiger partial charge >= 0.3 is 0 Å². The zero-order valence-electron chi connectivity index (χ0n) is 14.3. The molecule has 0 saturated carbocycles. The number of hydrogen-bond acceptors (Lipinski definition) is 4. The van der Waals surface area contributed by atoms with E-state index in [1.54, 1.807) is 6.07 Å². The van der Waals surface area contributed by atoms with Gasteiger partial charge in [-0.1, -0.05) is 49.4 Å². The molecule has 5 nitrogen and oxygen atoms in total. The molecule has 6 heteroatoms. The second-order valence-corrected chi connectivity index (χ2v) is 5.65. The second kappa shape index (κ2) is 11.3. The van der Waals surface area contributed by atoms with Gasteiger partial charge in [-0.15, -0.1) is 12.4 Å². The quantitative estimate of drug-likeness (QED) is 0.717. The predicted octanol–water partition coefficient (Wildman–Crippen LogP) is 2.78. The fraction of sp³-hybridized carbons (Fsp3) is 0.316. The van der Waals surface area contributed by atoms with Crippen molar-refractivity contribution in [3.8, 4) is 11.5 Å². The molecule has 2 aromatic carbocycles. The number of carbonyl (C=O) groups excluding carboxylic acids is 1. The third-order valence-corrected chi connectivity index (χ3v) is 3.50. The average molecular weight is 365 g/mol. The maximum Gasteiger partial charge on any atom is 0.257 e. The number of para-hydroxylation sites is 2. The number of carbonyl (C=O) groups is 1. The molecule has 2 rings (SSSR count). The van der Waals surface area contributed by atoms with E-state index >= 15 is 0 Å². The maximum absolute atomic E-state index is 11.8. The number of hydrogen-bond donors (Lipinski definition) is 2. The van der Waals surface area contributed by atoms with Crippen molar-refractivity contribution in [1.82, 2.24) is 5.32 Å². The molecule has 0 saturated heterocycles. The van der Waals surface area contributed by atoms with Crippen LogP contribution in [-0.2, 0) is 11.4 Å². The number of amides is 1. The minimum absolute atomic E-state index is 0. The van der Waals surface area contributed by atoms with E-state index in [0.29, 0.717) is 31.2 Å². The number of halogens is 1. The van der Waals surface area contributed by atoms with Gasteiger partial charge in [0.15, 0.2) is 18.1 Å². The van der Waals surface area contributed by atoms with Crippen molar-refractivity contribution in [2.45, 2.75) is 13.5 Å². The van der Waals surface area contributed by atoms with Crippen LogP contribution in [0.4, 0.5) is 0 Å². The van der Waals surface area contributed by atoms with Gasteiger partial charge in [0.25, 0.3) is 5.91 Å². The van der Waals surface area contributed by atoms with Gasteiger partial charge in [-0.05, 0) is 30.2 Å². The van der Waals surface area contributed by atoms with Crippen LogP contribution in [0.25, 0.3) is 0 Å².